The first-order valence-corrected chi connectivity index (χ1v) is 14.9. The highest BCUT2D eigenvalue weighted by Crippen LogP contribution is 2.12. The van der Waals surface area contributed by atoms with Gasteiger partial charge in [0.25, 0.3) is 0 Å². The summed E-state index contributed by atoms with van der Waals surface area (Å²) in [4.78, 5) is 36.6. The van der Waals surface area contributed by atoms with Crippen molar-refractivity contribution in [1.82, 2.24) is 0 Å². The predicted octanol–water partition coefficient (Wildman–Crippen LogP) is 8.09. The lowest BCUT2D eigenvalue weighted by Gasteiger charge is -2.18. The zero-order valence-electron chi connectivity index (χ0n) is 24.0. The van der Waals surface area contributed by atoms with Crippen LogP contribution >= 0.6 is 0 Å². The van der Waals surface area contributed by atoms with Gasteiger partial charge in [-0.1, -0.05) is 111 Å². The average molecular weight is 513 g/mol. The summed E-state index contributed by atoms with van der Waals surface area (Å²) >= 11 is 0. The monoisotopic (exact) mass is 512 g/mol. The zero-order chi connectivity index (χ0) is 26.9. The minimum Gasteiger partial charge on any atom is -0.462 e. The van der Waals surface area contributed by atoms with E-state index in [1.165, 1.54) is 38.5 Å². The molecule has 0 amide bonds. The van der Waals surface area contributed by atoms with E-state index in [-0.39, 0.29) is 31.1 Å². The third kappa shape index (κ3) is 24.1. The molecule has 0 N–H and O–H groups in total. The quantitative estimate of drug-likeness (QED) is 0.0698. The van der Waals surface area contributed by atoms with Crippen molar-refractivity contribution in [3.05, 3.63) is 0 Å². The van der Waals surface area contributed by atoms with Crippen molar-refractivity contribution in [1.29, 1.82) is 0 Å². The van der Waals surface area contributed by atoms with Gasteiger partial charge in [0.2, 0.25) is 0 Å². The van der Waals surface area contributed by atoms with E-state index < -0.39 is 6.10 Å². The normalized spacial score (nSPS) is 11.9. The summed E-state index contributed by atoms with van der Waals surface area (Å²) < 4.78 is 16.3. The Bertz CT molecular complexity index is 546. The van der Waals surface area contributed by atoms with Crippen LogP contribution in [0.4, 0.5) is 0 Å². The van der Waals surface area contributed by atoms with Gasteiger partial charge in [0, 0.05) is 19.3 Å². The fourth-order valence-corrected chi connectivity index (χ4v) is 3.98. The lowest BCUT2D eigenvalue weighted by atomic mass is 10.0. The van der Waals surface area contributed by atoms with Crippen LogP contribution < -0.4 is 0 Å². The summed E-state index contributed by atoms with van der Waals surface area (Å²) in [6.07, 6.45) is 17.4. The van der Waals surface area contributed by atoms with Crippen LogP contribution in [0.1, 0.15) is 150 Å². The van der Waals surface area contributed by atoms with Crippen LogP contribution in [0.5, 0.6) is 0 Å². The van der Waals surface area contributed by atoms with Crippen LogP contribution in [-0.2, 0) is 28.6 Å². The molecule has 0 saturated carbocycles. The van der Waals surface area contributed by atoms with Crippen LogP contribution in [-0.4, -0.2) is 37.2 Å². The second-order valence-corrected chi connectivity index (χ2v) is 10.5. The first-order chi connectivity index (χ1) is 17.4. The molecular formula is C30H56O6. The summed E-state index contributed by atoms with van der Waals surface area (Å²) in [7, 11) is 0. The number of ether oxygens (including phenoxy) is 3. The lowest BCUT2D eigenvalue weighted by molar-refractivity contribution is -0.167. The summed E-state index contributed by atoms with van der Waals surface area (Å²) in [5.74, 6) is -0.242. The molecule has 0 aliphatic rings. The van der Waals surface area contributed by atoms with Crippen LogP contribution in [0, 0.1) is 5.92 Å². The third-order valence-electron chi connectivity index (χ3n) is 6.29. The third-order valence-corrected chi connectivity index (χ3v) is 6.29. The topological polar surface area (TPSA) is 78.9 Å². The molecule has 0 aromatic rings. The van der Waals surface area contributed by atoms with E-state index in [0.717, 1.165) is 64.2 Å². The molecule has 0 aliphatic heterocycles. The standard InChI is InChI=1S/C30H56O6/c1-5-7-9-11-13-17-21-28(31)34-24-27(36-30(33)23-18-14-12-10-8-6-2)25-35-29(32)22-19-15-16-20-26(3)4/h26-27H,5-25H2,1-4H3. The van der Waals surface area contributed by atoms with Gasteiger partial charge in [-0.3, -0.25) is 14.4 Å². The molecular weight excluding hydrogens is 456 g/mol. The number of carbonyl (C=O) groups excluding carboxylic acids is 3. The molecule has 0 fully saturated rings. The van der Waals surface area contributed by atoms with E-state index in [1.54, 1.807) is 0 Å². The van der Waals surface area contributed by atoms with Crippen molar-refractivity contribution < 1.29 is 28.6 Å². The Kier molecular flexibility index (Phi) is 24.0. The number of unbranched alkanes of at least 4 members (excludes halogenated alkanes) is 12. The fraction of sp³-hybridized carbons (Fsp3) is 0.900. The van der Waals surface area contributed by atoms with Gasteiger partial charge in [0.05, 0.1) is 0 Å². The van der Waals surface area contributed by atoms with Crippen molar-refractivity contribution in [2.45, 2.75) is 156 Å². The second kappa shape index (κ2) is 25.1. The molecule has 0 spiro atoms. The molecule has 0 bridgehead atoms. The van der Waals surface area contributed by atoms with E-state index in [4.69, 9.17) is 14.2 Å². The number of hydrogen-bond acceptors (Lipinski definition) is 6. The average Bonchev–Trinajstić information content (AvgIpc) is 2.84. The lowest BCUT2D eigenvalue weighted by Crippen LogP contribution is -2.30. The number of carbonyl (C=O) groups is 3. The van der Waals surface area contributed by atoms with Crippen LogP contribution in [0.15, 0.2) is 0 Å². The Morgan fingerprint density at radius 1 is 0.528 bits per heavy atom. The number of esters is 3. The maximum atomic E-state index is 12.3. The highest BCUT2D eigenvalue weighted by atomic mass is 16.6. The molecule has 6 heteroatoms. The van der Waals surface area contributed by atoms with E-state index in [0.29, 0.717) is 25.2 Å². The van der Waals surface area contributed by atoms with E-state index >= 15 is 0 Å². The highest BCUT2D eigenvalue weighted by Gasteiger charge is 2.19. The van der Waals surface area contributed by atoms with Gasteiger partial charge < -0.3 is 14.2 Å². The Hall–Kier alpha value is -1.59. The maximum Gasteiger partial charge on any atom is 0.306 e. The highest BCUT2D eigenvalue weighted by molar-refractivity contribution is 5.71. The smallest absolute Gasteiger partial charge is 0.306 e. The molecule has 36 heavy (non-hydrogen) atoms. The van der Waals surface area contributed by atoms with Crippen LogP contribution in [0.3, 0.4) is 0 Å². The van der Waals surface area contributed by atoms with Crippen molar-refractivity contribution >= 4 is 17.9 Å². The van der Waals surface area contributed by atoms with Crippen molar-refractivity contribution in [2.24, 2.45) is 5.92 Å². The van der Waals surface area contributed by atoms with E-state index in [1.807, 2.05) is 0 Å². The molecule has 0 heterocycles. The first-order valence-electron chi connectivity index (χ1n) is 14.9. The molecule has 0 aliphatic carbocycles. The second-order valence-electron chi connectivity index (χ2n) is 10.5. The summed E-state index contributed by atoms with van der Waals surface area (Å²) in [6.45, 7) is 8.61. The minimum atomic E-state index is -0.754. The summed E-state index contributed by atoms with van der Waals surface area (Å²) in [5, 5.41) is 0. The molecule has 1 atom stereocenters. The minimum absolute atomic E-state index is 0.0709. The molecule has 6 nitrogen and oxygen atoms in total. The molecule has 0 radical (unpaired) electrons. The Labute approximate surface area is 221 Å². The van der Waals surface area contributed by atoms with E-state index in [9.17, 15) is 14.4 Å². The maximum absolute atomic E-state index is 12.3. The Morgan fingerprint density at radius 3 is 1.36 bits per heavy atom. The van der Waals surface area contributed by atoms with Crippen LogP contribution in [0.2, 0.25) is 0 Å². The molecule has 0 rings (SSSR count). The van der Waals surface area contributed by atoms with Gasteiger partial charge in [-0.15, -0.1) is 0 Å². The zero-order valence-corrected chi connectivity index (χ0v) is 24.0. The molecule has 1 unspecified atom stereocenters. The molecule has 212 valence electrons. The fourth-order valence-electron chi connectivity index (χ4n) is 3.98. The molecule has 0 saturated heterocycles. The van der Waals surface area contributed by atoms with Gasteiger partial charge in [-0.05, 0) is 25.2 Å². The number of rotatable bonds is 25. The van der Waals surface area contributed by atoms with Gasteiger partial charge >= 0.3 is 17.9 Å². The van der Waals surface area contributed by atoms with Crippen molar-refractivity contribution in [3.63, 3.8) is 0 Å². The van der Waals surface area contributed by atoms with Gasteiger partial charge in [0.1, 0.15) is 13.2 Å². The van der Waals surface area contributed by atoms with Crippen molar-refractivity contribution in [3.8, 4) is 0 Å². The first kappa shape index (κ1) is 34.4. The van der Waals surface area contributed by atoms with Gasteiger partial charge in [0.15, 0.2) is 6.10 Å². The predicted molar refractivity (Wildman–Crippen MR) is 146 cm³/mol. The largest absolute Gasteiger partial charge is 0.462 e. The van der Waals surface area contributed by atoms with Gasteiger partial charge in [-0.2, -0.15) is 0 Å². The molecule has 0 aromatic heterocycles. The van der Waals surface area contributed by atoms with Gasteiger partial charge in [-0.25, -0.2) is 0 Å². The summed E-state index contributed by atoms with van der Waals surface area (Å²) in [6, 6.07) is 0. The number of hydrogen-bond donors (Lipinski definition) is 0. The Morgan fingerprint density at radius 2 is 0.917 bits per heavy atom. The molecule has 0 aromatic carbocycles. The van der Waals surface area contributed by atoms with Crippen LogP contribution in [0.25, 0.3) is 0 Å². The summed E-state index contributed by atoms with van der Waals surface area (Å²) in [5.41, 5.74) is 0. The van der Waals surface area contributed by atoms with E-state index in [2.05, 4.69) is 27.7 Å². The Balaban J connectivity index is 4.39. The SMILES string of the molecule is CCCCCCCCC(=O)OCC(COC(=O)CCCCCC(C)C)OC(=O)CCCCCCCC. The van der Waals surface area contributed by atoms with Crippen molar-refractivity contribution in [2.75, 3.05) is 13.2 Å².